The van der Waals surface area contributed by atoms with E-state index in [4.69, 9.17) is 11.6 Å². The van der Waals surface area contributed by atoms with E-state index in [1.807, 2.05) is 18.3 Å². The second-order valence-electron chi connectivity index (χ2n) is 1.96. The highest BCUT2D eigenvalue weighted by molar-refractivity contribution is 7.22. The Balaban J connectivity index is 2.88. The third-order valence-corrected chi connectivity index (χ3v) is 2.53. The molecule has 0 saturated heterocycles. The molecule has 0 bridgehead atoms. The highest BCUT2D eigenvalue weighted by Crippen LogP contribution is 2.27. The van der Waals surface area contributed by atoms with Crippen molar-refractivity contribution in [2.24, 2.45) is 0 Å². The predicted octanol–water partition coefficient (Wildman–Crippen LogP) is 2.95. The molecule has 0 fully saturated rings. The van der Waals surface area contributed by atoms with Crippen LogP contribution in [-0.2, 0) is 0 Å². The summed E-state index contributed by atoms with van der Waals surface area (Å²) in [6, 6.07) is 3.89. The molecular formula is C7H4ClNS. The topological polar surface area (TPSA) is 12.9 Å². The van der Waals surface area contributed by atoms with Crippen molar-refractivity contribution in [3.05, 3.63) is 28.9 Å². The fourth-order valence-corrected chi connectivity index (χ4v) is 1.97. The first-order chi connectivity index (χ1) is 4.86. The summed E-state index contributed by atoms with van der Waals surface area (Å²) in [5, 5.41) is 1.12. The monoisotopic (exact) mass is 169 g/mol. The Morgan fingerprint density at radius 1 is 1.50 bits per heavy atom. The Morgan fingerprint density at radius 2 is 2.40 bits per heavy atom. The molecule has 50 valence electrons. The van der Waals surface area contributed by atoms with Crippen molar-refractivity contribution in [1.82, 2.24) is 4.98 Å². The number of rotatable bonds is 0. The van der Waals surface area contributed by atoms with Crippen LogP contribution in [0.25, 0.3) is 10.1 Å². The van der Waals surface area contributed by atoms with Crippen LogP contribution in [0.1, 0.15) is 0 Å². The van der Waals surface area contributed by atoms with E-state index < -0.39 is 0 Å². The Morgan fingerprint density at radius 3 is 3.20 bits per heavy atom. The molecule has 0 unspecified atom stereocenters. The van der Waals surface area contributed by atoms with Crippen LogP contribution in [-0.4, -0.2) is 4.98 Å². The first kappa shape index (κ1) is 6.13. The van der Waals surface area contributed by atoms with E-state index in [1.165, 1.54) is 4.70 Å². The minimum absolute atomic E-state index is 0.822. The molecule has 2 aromatic rings. The highest BCUT2D eigenvalue weighted by atomic mass is 35.5. The molecule has 0 aliphatic carbocycles. The molecule has 0 N–H and O–H groups in total. The maximum absolute atomic E-state index is 5.77. The van der Waals surface area contributed by atoms with E-state index in [1.54, 1.807) is 17.5 Å². The van der Waals surface area contributed by atoms with Gasteiger partial charge in [0.1, 0.15) is 0 Å². The zero-order chi connectivity index (χ0) is 6.97. The lowest BCUT2D eigenvalue weighted by Gasteiger charge is -1.81. The normalized spacial score (nSPS) is 10.5. The molecule has 0 aromatic carbocycles. The van der Waals surface area contributed by atoms with Gasteiger partial charge in [-0.25, -0.2) is 0 Å². The van der Waals surface area contributed by atoms with Crippen molar-refractivity contribution in [2.75, 3.05) is 0 Å². The van der Waals surface area contributed by atoms with Crippen LogP contribution in [0, 0.1) is 0 Å². The van der Waals surface area contributed by atoms with Crippen molar-refractivity contribution in [1.29, 1.82) is 0 Å². The molecule has 0 radical (unpaired) electrons. The average Bonchev–Trinajstić information content (AvgIpc) is 2.27. The summed E-state index contributed by atoms with van der Waals surface area (Å²) in [5.41, 5.74) is 0. The van der Waals surface area contributed by atoms with E-state index in [0.29, 0.717) is 0 Å². The molecule has 2 aromatic heterocycles. The Bertz CT molecular complexity index is 322. The maximum atomic E-state index is 5.77. The molecule has 0 amide bonds. The minimum Gasteiger partial charge on any atom is -0.264 e. The van der Waals surface area contributed by atoms with Gasteiger partial charge in [-0.15, -0.1) is 11.3 Å². The zero-order valence-electron chi connectivity index (χ0n) is 5.04. The van der Waals surface area contributed by atoms with Crippen molar-refractivity contribution >= 4 is 33.0 Å². The van der Waals surface area contributed by atoms with E-state index in [0.717, 1.165) is 9.72 Å². The quantitative estimate of drug-likeness (QED) is 0.591. The number of aromatic nitrogens is 1. The Labute approximate surface area is 67.3 Å². The standard InChI is InChI=1S/C7H4ClNS/c8-7-3-5-4-9-2-1-6(5)10-7/h1-4H. The van der Waals surface area contributed by atoms with Gasteiger partial charge in [-0.3, -0.25) is 4.98 Å². The fraction of sp³-hybridized carbons (Fsp3) is 0. The maximum Gasteiger partial charge on any atom is 0.0941 e. The van der Waals surface area contributed by atoms with E-state index in [9.17, 15) is 0 Å². The van der Waals surface area contributed by atoms with Crippen molar-refractivity contribution in [2.45, 2.75) is 0 Å². The molecule has 2 heterocycles. The van der Waals surface area contributed by atoms with Crippen LogP contribution in [0.3, 0.4) is 0 Å². The van der Waals surface area contributed by atoms with Gasteiger partial charge in [-0.05, 0) is 12.1 Å². The summed E-state index contributed by atoms with van der Waals surface area (Å²) < 4.78 is 2.02. The fourth-order valence-electron chi connectivity index (χ4n) is 0.852. The van der Waals surface area contributed by atoms with Crippen LogP contribution >= 0.6 is 22.9 Å². The molecule has 0 saturated carbocycles. The second kappa shape index (κ2) is 2.22. The number of pyridine rings is 1. The lowest BCUT2D eigenvalue weighted by atomic mass is 10.4. The van der Waals surface area contributed by atoms with E-state index >= 15 is 0 Å². The third-order valence-electron chi connectivity index (χ3n) is 1.29. The lowest BCUT2D eigenvalue weighted by Crippen LogP contribution is -1.64. The van der Waals surface area contributed by atoms with Gasteiger partial charge in [0.15, 0.2) is 0 Å². The Hall–Kier alpha value is -0.600. The van der Waals surface area contributed by atoms with Crippen LogP contribution in [0.5, 0.6) is 0 Å². The SMILES string of the molecule is Clc1cc2cnccc2s1. The first-order valence-corrected chi connectivity index (χ1v) is 4.05. The molecule has 3 heteroatoms. The van der Waals surface area contributed by atoms with E-state index in [-0.39, 0.29) is 0 Å². The molecule has 0 spiro atoms. The summed E-state index contributed by atoms with van der Waals surface area (Å²) in [7, 11) is 0. The number of fused-ring (bicyclic) bond motifs is 1. The van der Waals surface area contributed by atoms with Crippen molar-refractivity contribution in [3.8, 4) is 0 Å². The van der Waals surface area contributed by atoms with Crippen molar-refractivity contribution in [3.63, 3.8) is 0 Å². The van der Waals surface area contributed by atoms with Gasteiger partial charge in [-0.1, -0.05) is 11.6 Å². The zero-order valence-corrected chi connectivity index (χ0v) is 6.62. The molecule has 2 rings (SSSR count). The molecule has 0 aliphatic heterocycles. The van der Waals surface area contributed by atoms with Gasteiger partial charge >= 0.3 is 0 Å². The second-order valence-corrected chi connectivity index (χ2v) is 3.68. The Kier molecular flexibility index (Phi) is 1.36. The molecule has 10 heavy (non-hydrogen) atoms. The van der Waals surface area contributed by atoms with Gasteiger partial charge in [0.05, 0.1) is 4.34 Å². The summed E-state index contributed by atoms with van der Waals surface area (Å²) in [6.45, 7) is 0. The van der Waals surface area contributed by atoms with Gasteiger partial charge in [-0.2, -0.15) is 0 Å². The number of thiophene rings is 1. The molecule has 0 aliphatic rings. The van der Waals surface area contributed by atoms with Crippen LogP contribution in [0.4, 0.5) is 0 Å². The van der Waals surface area contributed by atoms with Gasteiger partial charge < -0.3 is 0 Å². The first-order valence-electron chi connectivity index (χ1n) is 2.85. The number of hydrogen-bond acceptors (Lipinski definition) is 2. The van der Waals surface area contributed by atoms with Gasteiger partial charge in [0.2, 0.25) is 0 Å². The smallest absolute Gasteiger partial charge is 0.0941 e. The van der Waals surface area contributed by atoms with Crippen LogP contribution in [0.15, 0.2) is 24.5 Å². The van der Waals surface area contributed by atoms with Crippen molar-refractivity contribution < 1.29 is 0 Å². The molecule has 1 nitrogen and oxygen atoms in total. The highest BCUT2D eigenvalue weighted by Gasteiger charge is 1.96. The van der Waals surface area contributed by atoms with E-state index in [2.05, 4.69) is 4.98 Å². The summed E-state index contributed by atoms with van der Waals surface area (Å²) in [6.07, 6.45) is 3.59. The lowest BCUT2D eigenvalue weighted by molar-refractivity contribution is 1.37. The predicted molar refractivity (Wildman–Crippen MR) is 44.6 cm³/mol. The number of hydrogen-bond donors (Lipinski definition) is 0. The summed E-state index contributed by atoms with van der Waals surface area (Å²) in [4.78, 5) is 3.97. The summed E-state index contributed by atoms with van der Waals surface area (Å²) in [5.74, 6) is 0. The summed E-state index contributed by atoms with van der Waals surface area (Å²) >= 11 is 7.35. The molecule has 0 atom stereocenters. The molecular weight excluding hydrogens is 166 g/mol. The van der Waals surface area contributed by atoms with Crippen LogP contribution in [0.2, 0.25) is 4.34 Å². The van der Waals surface area contributed by atoms with Gasteiger partial charge in [0, 0.05) is 22.5 Å². The largest absolute Gasteiger partial charge is 0.264 e. The number of nitrogens with zero attached hydrogens (tertiary/aromatic N) is 1. The van der Waals surface area contributed by atoms with Crippen LogP contribution < -0.4 is 0 Å². The minimum atomic E-state index is 0.822. The number of halogens is 1. The third kappa shape index (κ3) is 0.895. The average molecular weight is 170 g/mol. The van der Waals surface area contributed by atoms with Gasteiger partial charge in [0.25, 0.3) is 0 Å².